The Hall–Kier alpha value is -3.25. The third-order valence-electron chi connectivity index (χ3n) is 11.0. The summed E-state index contributed by atoms with van der Waals surface area (Å²) in [6, 6.07) is 12.2. The topological polar surface area (TPSA) is 116 Å². The number of ether oxygens (including phenoxy) is 4. The molecule has 2 aliphatic carbocycles. The molecule has 1 saturated carbocycles. The molecule has 6 atom stereocenters. The first-order valence-electron chi connectivity index (χ1n) is 17.7. The van der Waals surface area contributed by atoms with Crippen molar-refractivity contribution in [3.63, 3.8) is 0 Å². The molecule has 2 aromatic carbocycles. The highest BCUT2D eigenvalue weighted by molar-refractivity contribution is 7.92. The molecule has 7 rings (SSSR count). The van der Waals surface area contributed by atoms with E-state index < -0.39 is 21.7 Å². The number of methoxy groups -OCH3 is 1. The van der Waals surface area contributed by atoms with Gasteiger partial charge in [0.1, 0.15) is 28.4 Å². The summed E-state index contributed by atoms with van der Waals surface area (Å²) in [7, 11) is -1.70. The van der Waals surface area contributed by atoms with Gasteiger partial charge in [-0.25, -0.2) is 4.21 Å². The van der Waals surface area contributed by atoms with Gasteiger partial charge in [0.05, 0.1) is 37.4 Å². The Kier molecular flexibility index (Phi) is 9.89. The lowest BCUT2D eigenvalue weighted by Gasteiger charge is -2.46. The van der Waals surface area contributed by atoms with Gasteiger partial charge in [-0.1, -0.05) is 42.8 Å². The number of nitrogens with one attached hydrogen (secondary N) is 1. The molecule has 2 aromatic rings. The first-order valence-corrected chi connectivity index (χ1v) is 19.4. The molecule has 2 fully saturated rings. The summed E-state index contributed by atoms with van der Waals surface area (Å²) in [5.74, 6) is 0.193. The number of fused-ring (bicyclic) bond motifs is 4. The summed E-state index contributed by atoms with van der Waals surface area (Å²) in [6.45, 7) is 6.78. The molecule has 1 N–H and O–H groups in total. The molecule has 49 heavy (non-hydrogen) atoms. The molecule has 3 heterocycles. The number of aryl methyl sites for hydroxylation is 2. The number of benzene rings is 2. The maximum Gasteiger partial charge on any atom is 0.286 e. The lowest BCUT2D eigenvalue weighted by atomic mass is 9.68. The Morgan fingerprint density at radius 1 is 1.18 bits per heavy atom. The fourth-order valence-corrected chi connectivity index (χ4v) is 10.1. The van der Waals surface area contributed by atoms with Crippen molar-refractivity contribution in [1.29, 1.82) is 0 Å². The Bertz CT molecular complexity index is 1730. The van der Waals surface area contributed by atoms with Crippen molar-refractivity contribution in [2.75, 3.05) is 57.3 Å². The van der Waals surface area contributed by atoms with Gasteiger partial charge >= 0.3 is 0 Å². The number of carbonyl (C=O) groups is 2. The summed E-state index contributed by atoms with van der Waals surface area (Å²) < 4.78 is 44.5. The van der Waals surface area contributed by atoms with Crippen LogP contribution in [0.2, 0.25) is 0 Å². The molecule has 1 spiro atoms. The van der Waals surface area contributed by atoms with Crippen molar-refractivity contribution in [2.45, 2.75) is 70.0 Å². The predicted octanol–water partition coefficient (Wildman–Crippen LogP) is 5.16. The van der Waals surface area contributed by atoms with Crippen molar-refractivity contribution in [3.8, 4) is 5.75 Å². The summed E-state index contributed by atoms with van der Waals surface area (Å²) in [5, 5.41) is 0. The molecular formula is C38H49N3O7S. The average Bonchev–Trinajstić information content (AvgIpc) is 3.17. The summed E-state index contributed by atoms with van der Waals surface area (Å²) in [6.07, 6.45) is 9.98. The second-order valence-corrected chi connectivity index (χ2v) is 16.8. The van der Waals surface area contributed by atoms with E-state index in [4.69, 9.17) is 18.9 Å². The largest absolute Gasteiger partial charge is 0.490 e. The van der Waals surface area contributed by atoms with Gasteiger partial charge in [0.2, 0.25) is 0 Å². The molecule has 2 bridgehead atoms. The van der Waals surface area contributed by atoms with Crippen LogP contribution >= 0.6 is 0 Å². The van der Waals surface area contributed by atoms with Crippen LogP contribution in [-0.4, -0.2) is 80.6 Å². The molecule has 2 amide bonds. The summed E-state index contributed by atoms with van der Waals surface area (Å²) >= 11 is 0. The van der Waals surface area contributed by atoms with Crippen LogP contribution in [0.5, 0.6) is 5.75 Å². The Balaban J connectivity index is 1.26. The van der Waals surface area contributed by atoms with E-state index in [1.54, 1.807) is 13.2 Å². The molecule has 10 nitrogen and oxygen atoms in total. The van der Waals surface area contributed by atoms with E-state index in [9.17, 15) is 13.8 Å². The number of carbonyl (C=O) groups excluding carboxylic acids is 2. The van der Waals surface area contributed by atoms with E-state index in [-0.39, 0.29) is 35.9 Å². The van der Waals surface area contributed by atoms with Crippen LogP contribution in [0, 0.1) is 24.7 Å². The minimum Gasteiger partial charge on any atom is -0.490 e. The molecule has 264 valence electrons. The van der Waals surface area contributed by atoms with Crippen LogP contribution < -0.4 is 14.4 Å². The lowest BCUT2D eigenvalue weighted by Crippen LogP contribution is -2.49. The SMILES string of the molecule is CO[C@H]1/C=C/C[C@H](C)CS(=O)(NC(=O)COC2COC2)=NC(=O)c2ccc3c(c2)N(C[C@@H]2CC[C@H]21)C[C@@]1(CCCc2cc(C)ccc21)CO3. The number of nitrogens with zero attached hydrogens (tertiary/aromatic N) is 2. The number of hydrogen-bond acceptors (Lipinski definition) is 8. The van der Waals surface area contributed by atoms with Gasteiger partial charge in [-0.2, -0.15) is 0 Å². The van der Waals surface area contributed by atoms with Crippen molar-refractivity contribution >= 4 is 27.4 Å². The Morgan fingerprint density at radius 3 is 2.80 bits per heavy atom. The van der Waals surface area contributed by atoms with Gasteiger partial charge in [-0.05, 0) is 92.5 Å². The number of hydrogen-bond donors (Lipinski definition) is 1. The van der Waals surface area contributed by atoms with E-state index in [0.717, 1.165) is 56.6 Å². The van der Waals surface area contributed by atoms with Crippen molar-refractivity contribution in [1.82, 2.24) is 4.72 Å². The normalized spacial score (nSPS) is 32.3. The van der Waals surface area contributed by atoms with Crippen LogP contribution in [0.4, 0.5) is 5.69 Å². The third kappa shape index (κ3) is 7.31. The van der Waals surface area contributed by atoms with Crippen molar-refractivity contribution in [2.24, 2.45) is 22.1 Å². The van der Waals surface area contributed by atoms with Crippen LogP contribution in [0.15, 0.2) is 52.9 Å². The van der Waals surface area contributed by atoms with Gasteiger partial charge in [0.15, 0.2) is 0 Å². The van der Waals surface area contributed by atoms with Crippen molar-refractivity contribution in [3.05, 3.63) is 70.8 Å². The maximum atomic E-state index is 14.3. The van der Waals surface area contributed by atoms with E-state index in [0.29, 0.717) is 43.6 Å². The van der Waals surface area contributed by atoms with E-state index in [1.165, 1.54) is 16.7 Å². The van der Waals surface area contributed by atoms with E-state index in [2.05, 4.69) is 51.3 Å². The quantitative estimate of drug-likeness (QED) is 0.428. The number of anilines is 1. The average molecular weight is 692 g/mol. The predicted molar refractivity (Wildman–Crippen MR) is 188 cm³/mol. The molecule has 11 heteroatoms. The molecule has 0 aromatic heterocycles. The first-order chi connectivity index (χ1) is 23.6. The zero-order chi connectivity index (χ0) is 34.2. The fraction of sp³-hybridized carbons (Fsp3) is 0.579. The van der Waals surface area contributed by atoms with Gasteiger partial charge in [0, 0.05) is 31.2 Å². The fourth-order valence-electron chi connectivity index (χ4n) is 8.24. The standard InChI is InChI=1S/C38H49N3O7S/c1-25-9-13-32-27(16-25)7-5-15-38(32)23-41-18-29-10-12-31(29)34(45-3)8-4-6-26(2)22-49(44,39-36(42)21-47-30-19-46-20-30)40-37(43)28-11-14-35(48-24-38)33(41)17-28/h4,8-9,11,13-14,16-17,26,29-31,34H,5-7,10,12,15,18-24H2,1-3H3,(H,39,40,42,43,44)/b8-4+/t26-,29-,31+,34-,38-,49?/m0/s1. The number of rotatable bonds is 5. The van der Waals surface area contributed by atoms with Crippen LogP contribution in [0.25, 0.3) is 0 Å². The van der Waals surface area contributed by atoms with Gasteiger partial charge in [-0.3, -0.25) is 14.3 Å². The minimum atomic E-state index is -3.47. The second kappa shape index (κ2) is 14.2. The van der Waals surface area contributed by atoms with E-state index >= 15 is 0 Å². The van der Waals surface area contributed by atoms with Crippen LogP contribution in [-0.2, 0) is 40.8 Å². The molecule has 1 saturated heterocycles. The Morgan fingerprint density at radius 2 is 2.04 bits per heavy atom. The highest BCUT2D eigenvalue weighted by Crippen LogP contribution is 2.47. The van der Waals surface area contributed by atoms with Gasteiger partial charge < -0.3 is 23.8 Å². The third-order valence-corrected chi connectivity index (χ3v) is 13.1. The minimum absolute atomic E-state index is 0.0205. The van der Waals surface area contributed by atoms with Crippen LogP contribution in [0.1, 0.15) is 66.1 Å². The molecule has 0 radical (unpaired) electrons. The number of allylic oxidation sites excluding steroid dienone is 1. The Labute approximate surface area is 290 Å². The zero-order valence-corrected chi connectivity index (χ0v) is 29.7. The monoisotopic (exact) mass is 691 g/mol. The van der Waals surface area contributed by atoms with Crippen LogP contribution in [0.3, 0.4) is 0 Å². The summed E-state index contributed by atoms with van der Waals surface area (Å²) in [4.78, 5) is 29.2. The zero-order valence-electron chi connectivity index (χ0n) is 28.9. The summed E-state index contributed by atoms with van der Waals surface area (Å²) in [5.41, 5.74) is 4.99. The highest BCUT2D eigenvalue weighted by atomic mass is 32.2. The first kappa shape index (κ1) is 34.2. The molecule has 1 unspecified atom stereocenters. The maximum absolute atomic E-state index is 14.3. The van der Waals surface area contributed by atoms with Gasteiger partial charge in [0.25, 0.3) is 11.8 Å². The lowest BCUT2D eigenvalue weighted by molar-refractivity contribution is -0.147. The second-order valence-electron chi connectivity index (χ2n) is 14.8. The van der Waals surface area contributed by atoms with Gasteiger partial charge in [-0.15, -0.1) is 4.36 Å². The van der Waals surface area contributed by atoms with E-state index in [1.807, 2.05) is 19.1 Å². The molecule has 5 aliphatic rings. The van der Waals surface area contributed by atoms with Crippen molar-refractivity contribution < 1.29 is 32.7 Å². The molecular weight excluding hydrogens is 642 g/mol. The molecule has 3 aliphatic heterocycles. The smallest absolute Gasteiger partial charge is 0.286 e. The number of amides is 2. The highest BCUT2D eigenvalue weighted by Gasteiger charge is 2.44.